The van der Waals surface area contributed by atoms with Crippen molar-refractivity contribution in [3.8, 4) is 0 Å². The first-order valence-corrected chi connectivity index (χ1v) is 10.5. The number of nitrogens with zero attached hydrogens (tertiary/aromatic N) is 2. The minimum atomic E-state index is -4.17. The van der Waals surface area contributed by atoms with Crippen LogP contribution in [-0.4, -0.2) is 13.3 Å². The average molecular weight is 424 g/mol. The van der Waals surface area contributed by atoms with Gasteiger partial charge in [0.15, 0.2) is 6.04 Å². The first kappa shape index (κ1) is 19.8. The molecule has 0 spiro atoms. The third-order valence-corrected chi connectivity index (χ3v) is 6.76. The molecule has 1 atom stereocenters. The normalized spacial score (nSPS) is 16.0. The Morgan fingerprint density at radius 1 is 0.967 bits per heavy atom. The number of nitro groups is 1. The second-order valence-corrected chi connectivity index (χ2v) is 8.77. The Bertz CT molecular complexity index is 1250. The summed E-state index contributed by atoms with van der Waals surface area (Å²) >= 11 is 0. The van der Waals surface area contributed by atoms with Crippen molar-refractivity contribution in [2.75, 3.05) is 4.31 Å². The van der Waals surface area contributed by atoms with Crippen LogP contribution in [-0.2, 0) is 10.0 Å². The molecule has 152 valence electrons. The summed E-state index contributed by atoms with van der Waals surface area (Å²) in [4.78, 5) is 11.3. The van der Waals surface area contributed by atoms with Crippen molar-refractivity contribution >= 4 is 21.8 Å². The first-order valence-electron chi connectivity index (χ1n) is 9.10. The smallest absolute Gasteiger partial charge is 0.259 e. The zero-order chi connectivity index (χ0) is 21.5. The van der Waals surface area contributed by atoms with Gasteiger partial charge in [0.1, 0.15) is 5.82 Å². The lowest BCUT2D eigenvalue weighted by atomic mass is 9.97. The molecular weight excluding hydrogens is 407 g/mol. The molecule has 30 heavy (non-hydrogen) atoms. The lowest BCUT2D eigenvalue weighted by Gasteiger charge is -2.35. The predicted octanol–water partition coefficient (Wildman–Crippen LogP) is 4.70. The lowest BCUT2D eigenvalue weighted by Crippen LogP contribution is -2.39. The van der Waals surface area contributed by atoms with Gasteiger partial charge in [0, 0.05) is 11.6 Å². The molecule has 8 heteroatoms. The van der Waals surface area contributed by atoms with E-state index >= 15 is 0 Å². The number of hydrogen-bond donors (Lipinski definition) is 0. The van der Waals surface area contributed by atoms with E-state index in [9.17, 15) is 22.9 Å². The van der Waals surface area contributed by atoms with Crippen LogP contribution in [0.25, 0.3) is 6.08 Å². The summed E-state index contributed by atoms with van der Waals surface area (Å²) in [7, 11) is -4.17. The van der Waals surface area contributed by atoms with E-state index < -0.39 is 26.8 Å². The number of aryl methyl sites for hydroxylation is 1. The fourth-order valence-electron chi connectivity index (χ4n) is 3.50. The SMILES string of the molecule is Cc1ccc(S(=O)(=O)N2c3ccccc3C=C([N+](=O)[O-])[C@@H]2c2ccc(F)cc2)cc1. The summed E-state index contributed by atoms with van der Waals surface area (Å²) in [6, 6.07) is 16.6. The molecule has 1 aliphatic heterocycles. The van der Waals surface area contributed by atoms with Crippen molar-refractivity contribution in [3.63, 3.8) is 0 Å². The van der Waals surface area contributed by atoms with Crippen LogP contribution in [0.5, 0.6) is 0 Å². The van der Waals surface area contributed by atoms with Gasteiger partial charge in [-0.05, 0) is 42.8 Å². The Kier molecular flexibility index (Phi) is 4.87. The highest BCUT2D eigenvalue weighted by atomic mass is 32.2. The van der Waals surface area contributed by atoms with Crippen LogP contribution >= 0.6 is 0 Å². The maximum absolute atomic E-state index is 13.7. The third kappa shape index (κ3) is 3.35. The predicted molar refractivity (Wildman–Crippen MR) is 111 cm³/mol. The first-order chi connectivity index (χ1) is 14.3. The highest BCUT2D eigenvalue weighted by molar-refractivity contribution is 7.92. The number of halogens is 1. The molecule has 6 nitrogen and oxygen atoms in total. The topological polar surface area (TPSA) is 80.5 Å². The highest BCUT2D eigenvalue weighted by Gasteiger charge is 2.43. The molecule has 0 unspecified atom stereocenters. The molecule has 1 aliphatic rings. The minimum absolute atomic E-state index is 0.0135. The minimum Gasteiger partial charge on any atom is -0.259 e. The summed E-state index contributed by atoms with van der Waals surface area (Å²) in [5.74, 6) is -0.519. The number of hydrogen-bond acceptors (Lipinski definition) is 4. The fraction of sp³-hybridized carbons (Fsp3) is 0.0909. The molecule has 3 aromatic carbocycles. The summed E-state index contributed by atoms with van der Waals surface area (Å²) < 4.78 is 41.9. The van der Waals surface area contributed by atoms with Crippen LogP contribution in [0.3, 0.4) is 0 Å². The zero-order valence-electron chi connectivity index (χ0n) is 15.9. The number of fused-ring (bicyclic) bond motifs is 1. The molecule has 0 saturated carbocycles. The van der Waals surface area contributed by atoms with Gasteiger partial charge in [-0.1, -0.05) is 48.0 Å². The van der Waals surface area contributed by atoms with Gasteiger partial charge in [-0.3, -0.25) is 10.1 Å². The molecule has 1 heterocycles. The van der Waals surface area contributed by atoms with E-state index in [2.05, 4.69) is 0 Å². The van der Waals surface area contributed by atoms with Crippen molar-refractivity contribution in [1.29, 1.82) is 0 Å². The van der Waals surface area contributed by atoms with E-state index in [1.165, 1.54) is 30.3 Å². The molecule has 0 radical (unpaired) electrons. The zero-order valence-corrected chi connectivity index (χ0v) is 16.7. The lowest BCUT2D eigenvalue weighted by molar-refractivity contribution is -0.428. The largest absolute Gasteiger partial charge is 0.274 e. The van der Waals surface area contributed by atoms with E-state index in [0.29, 0.717) is 16.8 Å². The molecule has 0 bridgehead atoms. The van der Waals surface area contributed by atoms with Crippen molar-refractivity contribution in [2.45, 2.75) is 17.9 Å². The molecule has 0 N–H and O–H groups in total. The summed E-state index contributed by atoms with van der Waals surface area (Å²) in [6.45, 7) is 1.83. The van der Waals surface area contributed by atoms with Gasteiger partial charge >= 0.3 is 0 Å². The Balaban J connectivity index is 2.00. The number of para-hydroxylation sites is 1. The highest BCUT2D eigenvalue weighted by Crippen LogP contribution is 2.44. The number of anilines is 1. The van der Waals surface area contributed by atoms with Crippen molar-refractivity contribution in [1.82, 2.24) is 0 Å². The quantitative estimate of drug-likeness (QED) is 0.449. The summed E-state index contributed by atoms with van der Waals surface area (Å²) in [6.07, 6.45) is 1.37. The van der Waals surface area contributed by atoms with Crippen LogP contribution in [0.15, 0.2) is 83.4 Å². The number of rotatable bonds is 4. The number of sulfonamides is 1. The molecule has 3 aromatic rings. The molecule has 0 saturated heterocycles. The monoisotopic (exact) mass is 424 g/mol. The molecular formula is C22H17FN2O4S. The van der Waals surface area contributed by atoms with Gasteiger partial charge in [0.2, 0.25) is 0 Å². The van der Waals surface area contributed by atoms with Gasteiger partial charge in [-0.25, -0.2) is 17.1 Å². The standard InChI is InChI=1S/C22H17FN2O4S/c1-15-6-12-19(13-7-15)30(28,29)24-20-5-3-2-4-17(20)14-21(25(26)27)22(24)16-8-10-18(23)11-9-16/h2-14,22H,1H3/t22-/m0/s1. The Hall–Kier alpha value is -3.52. The molecule has 0 aliphatic carbocycles. The van der Waals surface area contributed by atoms with Gasteiger partial charge in [0.05, 0.1) is 15.5 Å². The molecule has 4 rings (SSSR count). The number of benzene rings is 3. The Morgan fingerprint density at radius 2 is 1.60 bits per heavy atom. The molecule has 0 aromatic heterocycles. The Labute approximate surface area is 173 Å². The van der Waals surface area contributed by atoms with E-state index in [0.717, 1.165) is 22.0 Å². The van der Waals surface area contributed by atoms with E-state index in [4.69, 9.17) is 0 Å². The van der Waals surface area contributed by atoms with Crippen molar-refractivity contribution in [2.24, 2.45) is 0 Å². The van der Waals surface area contributed by atoms with E-state index in [1.54, 1.807) is 36.4 Å². The molecule has 0 fully saturated rings. The van der Waals surface area contributed by atoms with Crippen LogP contribution in [0.1, 0.15) is 22.7 Å². The van der Waals surface area contributed by atoms with Crippen molar-refractivity contribution in [3.05, 3.63) is 111 Å². The summed E-state index contributed by atoms with van der Waals surface area (Å²) in [5.41, 5.74) is 1.60. The van der Waals surface area contributed by atoms with Gasteiger partial charge in [-0.15, -0.1) is 0 Å². The Morgan fingerprint density at radius 3 is 2.23 bits per heavy atom. The fourth-order valence-corrected chi connectivity index (χ4v) is 5.14. The summed E-state index contributed by atoms with van der Waals surface area (Å²) in [5, 5.41) is 11.9. The van der Waals surface area contributed by atoms with Crippen LogP contribution in [0.2, 0.25) is 0 Å². The maximum Gasteiger partial charge on any atom is 0.274 e. The van der Waals surface area contributed by atoms with Gasteiger partial charge < -0.3 is 0 Å². The second-order valence-electron chi connectivity index (χ2n) is 6.95. The van der Waals surface area contributed by atoms with Gasteiger partial charge in [-0.2, -0.15) is 0 Å². The molecule has 0 amide bonds. The maximum atomic E-state index is 13.7. The van der Waals surface area contributed by atoms with Crippen LogP contribution in [0, 0.1) is 22.9 Å². The van der Waals surface area contributed by atoms with Gasteiger partial charge in [0.25, 0.3) is 15.7 Å². The second kappa shape index (κ2) is 7.38. The van der Waals surface area contributed by atoms with Crippen LogP contribution < -0.4 is 4.31 Å². The van der Waals surface area contributed by atoms with Crippen LogP contribution in [0.4, 0.5) is 10.1 Å². The van der Waals surface area contributed by atoms with E-state index in [1.807, 2.05) is 6.92 Å². The van der Waals surface area contributed by atoms with Crippen molar-refractivity contribution < 1.29 is 17.7 Å². The average Bonchev–Trinajstić information content (AvgIpc) is 2.73. The third-order valence-electron chi connectivity index (χ3n) is 4.97. The van der Waals surface area contributed by atoms with E-state index in [-0.39, 0.29) is 10.6 Å².